The summed E-state index contributed by atoms with van der Waals surface area (Å²) >= 11 is 5.05. The summed E-state index contributed by atoms with van der Waals surface area (Å²) in [5.41, 5.74) is 4.80. The predicted octanol–water partition coefficient (Wildman–Crippen LogP) is 6.52. The van der Waals surface area contributed by atoms with Gasteiger partial charge in [-0.3, -0.25) is 9.69 Å². The highest BCUT2D eigenvalue weighted by Crippen LogP contribution is 2.33. The minimum atomic E-state index is -0.0283. The molecule has 0 unspecified atom stereocenters. The quantitative estimate of drug-likeness (QED) is 0.354. The largest absolute Gasteiger partial charge is 0.279 e. The van der Waals surface area contributed by atoms with E-state index >= 15 is 0 Å². The molecule has 1 heterocycles. The van der Waals surface area contributed by atoms with Crippen molar-refractivity contribution in [3.05, 3.63) is 93.5 Å². The first-order chi connectivity index (χ1) is 13.5. The topological polar surface area (TPSA) is 33.2 Å². The van der Waals surface area contributed by atoms with E-state index in [0.717, 1.165) is 31.4 Å². The van der Waals surface area contributed by atoms with Crippen LogP contribution in [0.2, 0.25) is 0 Å². The molecule has 3 aromatic carbocycles. The van der Waals surface area contributed by atoms with Gasteiger partial charge in [-0.05, 0) is 49.2 Å². The van der Waals surface area contributed by atoms with Crippen LogP contribution in [0.25, 0.3) is 10.2 Å². The number of carbonyl (C=O) groups is 1. The highest BCUT2D eigenvalue weighted by atomic mass is 79.9. The number of amides is 1. The Kier molecular flexibility index (Phi) is 5.29. The molecule has 0 fully saturated rings. The lowest BCUT2D eigenvalue weighted by Crippen LogP contribution is -2.30. The van der Waals surface area contributed by atoms with E-state index in [0.29, 0.717) is 17.2 Å². The smallest absolute Gasteiger partial charge is 0.260 e. The van der Waals surface area contributed by atoms with Gasteiger partial charge in [-0.1, -0.05) is 75.3 Å². The molecule has 0 aliphatic carbocycles. The average molecular weight is 451 g/mol. The van der Waals surface area contributed by atoms with Crippen LogP contribution in [0.3, 0.4) is 0 Å². The molecule has 140 valence electrons. The van der Waals surface area contributed by atoms with Gasteiger partial charge in [0.1, 0.15) is 0 Å². The van der Waals surface area contributed by atoms with Crippen LogP contribution in [0.5, 0.6) is 0 Å². The Labute approximate surface area is 176 Å². The van der Waals surface area contributed by atoms with Crippen LogP contribution in [0, 0.1) is 13.8 Å². The van der Waals surface area contributed by atoms with Crippen LogP contribution in [-0.4, -0.2) is 10.9 Å². The summed E-state index contributed by atoms with van der Waals surface area (Å²) in [5.74, 6) is -0.0283. The summed E-state index contributed by atoms with van der Waals surface area (Å²) in [6.07, 6.45) is 0. The highest BCUT2D eigenvalue weighted by molar-refractivity contribution is 9.10. The Morgan fingerprint density at radius 2 is 1.82 bits per heavy atom. The van der Waals surface area contributed by atoms with Gasteiger partial charge in [0.25, 0.3) is 5.91 Å². The Morgan fingerprint density at radius 1 is 1.04 bits per heavy atom. The lowest BCUT2D eigenvalue weighted by Gasteiger charge is -2.21. The van der Waals surface area contributed by atoms with Crippen molar-refractivity contribution in [2.45, 2.75) is 20.4 Å². The predicted molar refractivity (Wildman–Crippen MR) is 120 cm³/mol. The van der Waals surface area contributed by atoms with Gasteiger partial charge in [-0.25, -0.2) is 4.98 Å². The van der Waals surface area contributed by atoms with Crippen LogP contribution < -0.4 is 4.90 Å². The molecule has 0 saturated heterocycles. The van der Waals surface area contributed by atoms with Crippen molar-refractivity contribution in [3.8, 4) is 0 Å². The van der Waals surface area contributed by atoms with Gasteiger partial charge < -0.3 is 0 Å². The van der Waals surface area contributed by atoms with E-state index in [9.17, 15) is 4.79 Å². The zero-order chi connectivity index (χ0) is 19.7. The van der Waals surface area contributed by atoms with Crippen LogP contribution >= 0.6 is 27.3 Å². The first-order valence-corrected chi connectivity index (χ1v) is 10.6. The van der Waals surface area contributed by atoms with E-state index in [1.165, 1.54) is 11.3 Å². The molecular weight excluding hydrogens is 432 g/mol. The lowest BCUT2D eigenvalue weighted by molar-refractivity contribution is 0.0984. The fourth-order valence-electron chi connectivity index (χ4n) is 3.19. The van der Waals surface area contributed by atoms with Gasteiger partial charge in [0.05, 0.1) is 16.8 Å². The van der Waals surface area contributed by atoms with Crippen LogP contribution in [0.4, 0.5) is 5.13 Å². The average Bonchev–Trinajstić information content (AvgIpc) is 3.09. The zero-order valence-electron chi connectivity index (χ0n) is 15.6. The number of hydrogen-bond acceptors (Lipinski definition) is 3. The van der Waals surface area contributed by atoms with Crippen LogP contribution in [0.1, 0.15) is 27.0 Å². The molecule has 5 heteroatoms. The van der Waals surface area contributed by atoms with Crippen molar-refractivity contribution in [1.29, 1.82) is 0 Å². The minimum absolute atomic E-state index is 0.0283. The van der Waals surface area contributed by atoms with Crippen molar-refractivity contribution >= 4 is 48.5 Å². The maximum Gasteiger partial charge on any atom is 0.260 e. The number of benzene rings is 3. The number of aromatic nitrogens is 1. The van der Waals surface area contributed by atoms with Crippen molar-refractivity contribution in [3.63, 3.8) is 0 Å². The summed E-state index contributed by atoms with van der Waals surface area (Å²) in [5, 5.41) is 0.710. The molecule has 0 radical (unpaired) electrons. The maximum atomic E-state index is 13.5. The number of thiazole rings is 1. The van der Waals surface area contributed by atoms with Gasteiger partial charge in [-0.2, -0.15) is 0 Å². The molecule has 1 aromatic heterocycles. The van der Waals surface area contributed by atoms with E-state index in [-0.39, 0.29) is 5.91 Å². The van der Waals surface area contributed by atoms with Crippen molar-refractivity contribution in [1.82, 2.24) is 4.98 Å². The number of anilines is 1. The second-order valence-corrected chi connectivity index (χ2v) is 8.73. The summed E-state index contributed by atoms with van der Waals surface area (Å²) in [6.45, 7) is 4.50. The van der Waals surface area contributed by atoms with Crippen LogP contribution in [-0.2, 0) is 6.54 Å². The summed E-state index contributed by atoms with van der Waals surface area (Å²) < 4.78 is 2.06. The van der Waals surface area contributed by atoms with Crippen molar-refractivity contribution < 1.29 is 4.79 Å². The number of hydrogen-bond donors (Lipinski definition) is 0. The van der Waals surface area contributed by atoms with E-state index in [4.69, 9.17) is 4.98 Å². The maximum absolute atomic E-state index is 13.5. The molecule has 0 aliphatic heterocycles. The lowest BCUT2D eigenvalue weighted by atomic mass is 10.0. The molecule has 0 N–H and O–H groups in total. The molecule has 0 bridgehead atoms. The fraction of sp³-hybridized carbons (Fsp3) is 0.130. The van der Waals surface area contributed by atoms with Gasteiger partial charge in [0, 0.05) is 10.0 Å². The molecule has 0 aliphatic rings. The van der Waals surface area contributed by atoms with E-state index < -0.39 is 0 Å². The normalized spacial score (nSPS) is 11.0. The van der Waals surface area contributed by atoms with Gasteiger partial charge in [0.15, 0.2) is 5.13 Å². The third-order valence-electron chi connectivity index (χ3n) is 4.61. The minimum Gasteiger partial charge on any atom is -0.279 e. The highest BCUT2D eigenvalue weighted by Gasteiger charge is 2.23. The molecule has 0 saturated carbocycles. The Bertz CT molecular complexity index is 1150. The Hall–Kier alpha value is -2.50. The molecule has 28 heavy (non-hydrogen) atoms. The second kappa shape index (κ2) is 7.86. The molecular formula is C23H19BrN2OS. The number of carbonyl (C=O) groups excluding carboxylic acids is 1. The number of halogens is 1. The molecule has 1 amide bonds. The number of rotatable bonds is 4. The number of fused-ring (bicyclic) bond motifs is 1. The van der Waals surface area contributed by atoms with E-state index in [2.05, 4.69) is 15.9 Å². The van der Waals surface area contributed by atoms with E-state index in [1.807, 2.05) is 80.6 Å². The fourth-order valence-corrected chi connectivity index (χ4v) is 4.71. The van der Waals surface area contributed by atoms with Gasteiger partial charge in [0.2, 0.25) is 0 Å². The van der Waals surface area contributed by atoms with Gasteiger partial charge >= 0.3 is 0 Å². The summed E-state index contributed by atoms with van der Waals surface area (Å²) in [7, 11) is 0. The second-order valence-electron chi connectivity index (χ2n) is 6.80. The Balaban J connectivity index is 1.79. The molecule has 4 rings (SSSR count). The number of nitrogens with zero attached hydrogens (tertiary/aromatic N) is 2. The van der Waals surface area contributed by atoms with E-state index in [1.54, 1.807) is 4.90 Å². The zero-order valence-corrected chi connectivity index (χ0v) is 18.0. The SMILES string of the molecule is Cc1ccc(C(=O)N(Cc2ccccc2)c2nc3ccc(Br)cc3s2)c(C)c1. The molecule has 3 nitrogen and oxygen atoms in total. The molecule has 0 atom stereocenters. The van der Waals surface area contributed by atoms with Crippen molar-refractivity contribution in [2.24, 2.45) is 0 Å². The first kappa shape index (κ1) is 18.8. The Morgan fingerprint density at radius 3 is 2.57 bits per heavy atom. The third-order valence-corrected chi connectivity index (χ3v) is 6.15. The monoisotopic (exact) mass is 450 g/mol. The third kappa shape index (κ3) is 3.86. The molecule has 0 spiro atoms. The van der Waals surface area contributed by atoms with Crippen LogP contribution in [0.15, 0.2) is 71.2 Å². The van der Waals surface area contributed by atoms with Crippen molar-refractivity contribution in [2.75, 3.05) is 4.90 Å². The van der Waals surface area contributed by atoms with Gasteiger partial charge in [-0.15, -0.1) is 0 Å². The number of aryl methyl sites for hydroxylation is 2. The summed E-state index contributed by atoms with van der Waals surface area (Å²) in [6, 6.07) is 22.0. The molecule has 4 aromatic rings. The standard InChI is InChI=1S/C23H19BrN2OS/c1-15-8-10-19(16(2)12-15)22(27)26(14-17-6-4-3-5-7-17)23-25-20-11-9-18(24)13-21(20)28-23/h3-13H,14H2,1-2H3. The first-order valence-electron chi connectivity index (χ1n) is 9.00. The summed E-state index contributed by atoms with van der Waals surface area (Å²) in [4.78, 5) is 20.0.